The van der Waals surface area contributed by atoms with Crippen LogP contribution in [-0.2, 0) is 0 Å². The average molecular weight is 357 g/mol. The van der Waals surface area contributed by atoms with Crippen molar-refractivity contribution in [1.82, 2.24) is 0 Å². The van der Waals surface area contributed by atoms with Crippen molar-refractivity contribution < 1.29 is 9.84 Å². The number of phenols is 1. The lowest BCUT2D eigenvalue weighted by Crippen LogP contribution is -2.07. The van der Waals surface area contributed by atoms with Gasteiger partial charge in [0, 0.05) is 26.8 Å². The summed E-state index contributed by atoms with van der Waals surface area (Å²) in [6, 6.07) is 10.7. The molecular weight excluding hydrogens is 342 g/mol. The van der Waals surface area contributed by atoms with Gasteiger partial charge in [0.05, 0.1) is 13.2 Å². The quantitative estimate of drug-likeness (QED) is 0.811. The second kappa shape index (κ2) is 6.37. The van der Waals surface area contributed by atoms with E-state index in [0.29, 0.717) is 10.8 Å². The standard InChI is InChI=1S/C15H15BrClNO2/c1-9(12-5-4-11(20-2)8-15(12)19)18-14-6-3-10(17)7-13(14)16/h3-9,18-19H,1-2H3. The van der Waals surface area contributed by atoms with Gasteiger partial charge in [-0.15, -0.1) is 0 Å². The molecule has 2 aromatic rings. The Morgan fingerprint density at radius 3 is 2.60 bits per heavy atom. The summed E-state index contributed by atoms with van der Waals surface area (Å²) in [4.78, 5) is 0. The molecule has 0 spiro atoms. The van der Waals surface area contributed by atoms with E-state index in [0.717, 1.165) is 15.7 Å². The van der Waals surface area contributed by atoms with Gasteiger partial charge in [0.2, 0.25) is 0 Å². The topological polar surface area (TPSA) is 41.5 Å². The summed E-state index contributed by atoms with van der Waals surface area (Å²) in [7, 11) is 1.57. The molecule has 0 bridgehead atoms. The zero-order valence-electron chi connectivity index (χ0n) is 11.2. The number of rotatable bonds is 4. The molecule has 3 nitrogen and oxygen atoms in total. The minimum absolute atomic E-state index is 0.0571. The van der Waals surface area contributed by atoms with Crippen molar-refractivity contribution in [2.75, 3.05) is 12.4 Å². The summed E-state index contributed by atoms with van der Waals surface area (Å²) in [6.45, 7) is 1.97. The van der Waals surface area contributed by atoms with E-state index < -0.39 is 0 Å². The third-order valence-electron chi connectivity index (χ3n) is 3.01. The fourth-order valence-electron chi connectivity index (χ4n) is 1.93. The number of ether oxygens (including phenoxy) is 1. The first-order chi connectivity index (χ1) is 9.51. The summed E-state index contributed by atoms with van der Waals surface area (Å²) < 4.78 is 5.96. The van der Waals surface area contributed by atoms with Crippen LogP contribution in [0, 0.1) is 0 Å². The lowest BCUT2D eigenvalue weighted by atomic mass is 10.1. The first-order valence-corrected chi connectivity index (χ1v) is 7.27. The summed E-state index contributed by atoms with van der Waals surface area (Å²) in [5.41, 5.74) is 1.71. The Kier molecular flexibility index (Phi) is 4.78. The lowest BCUT2D eigenvalue weighted by molar-refractivity contribution is 0.406. The molecule has 0 heterocycles. The SMILES string of the molecule is COc1ccc(C(C)Nc2ccc(Cl)cc2Br)c(O)c1. The molecule has 0 fully saturated rings. The van der Waals surface area contributed by atoms with Crippen molar-refractivity contribution in [3.63, 3.8) is 0 Å². The first kappa shape index (κ1) is 15.0. The smallest absolute Gasteiger partial charge is 0.124 e. The van der Waals surface area contributed by atoms with Crippen LogP contribution in [0.25, 0.3) is 0 Å². The minimum atomic E-state index is -0.0571. The molecule has 0 saturated heterocycles. The van der Waals surface area contributed by atoms with Crippen LogP contribution < -0.4 is 10.1 Å². The van der Waals surface area contributed by atoms with Gasteiger partial charge >= 0.3 is 0 Å². The maximum atomic E-state index is 10.0. The van der Waals surface area contributed by atoms with Crippen LogP contribution in [0.1, 0.15) is 18.5 Å². The van der Waals surface area contributed by atoms with E-state index in [1.54, 1.807) is 13.2 Å². The van der Waals surface area contributed by atoms with E-state index in [2.05, 4.69) is 21.2 Å². The highest BCUT2D eigenvalue weighted by Gasteiger charge is 2.12. The van der Waals surface area contributed by atoms with Crippen molar-refractivity contribution in [1.29, 1.82) is 0 Å². The second-order valence-electron chi connectivity index (χ2n) is 4.41. The molecule has 0 aliphatic carbocycles. The summed E-state index contributed by atoms with van der Waals surface area (Å²) in [5, 5.41) is 14.0. The Morgan fingerprint density at radius 2 is 2.00 bits per heavy atom. The summed E-state index contributed by atoms with van der Waals surface area (Å²) >= 11 is 9.38. The second-order valence-corrected chi connectivity index (χ2v) is 5.71. The Morgan fingerprint density at radius 1 is 1.25 bits per heavy atom. The van der Waals surface area contributed by atoms with Crippen LogP contribution in [0.2, 0.25) is 5.02 Å². The van der Waals surface area contributed by atoms with Crippen LogP contribution in [0.3, 0.4) is 0 Å². The average Bonchev–Trinajstić information content (AvgIpc) is 2.41. The van der Waals surface area contributed by atoms with Crippen LogP contribution in [0.5, 0.6) is 11.5 Å². The molecule has 5 heteroatoms. The number of hydrogen-bond acceptors (Lipinski definition) is 3. The van der Waals surface area contributed by atoms with Gasteiger partial charge in [-0.05, 0) is 53.2 Å². The van der Waals surface area contributed by atoms with E-state index in [1.165, 1.54) is 0 Å². The van der Waals surface area contributed by atoms with E-state index in [-0.39, 0.29) is 11.8 Å². The Balaban J connectivity index is 2.21. The van der Waals surface area contributed by atoms with Crippen LogP contribution in [-0.4, -0.2) is 12.2 Å². The predicted octanol–water partition coefficient (Wildman–Crippen LogP) is 4.99. The highest BCUT2D eigenvalue weighted by molar-refractivity contribution is 9.10. The normalized spacial score (nSPS) is 12.0. The third-order valence-corrected chi connectivity index (χ3v) is 3.90. The Hall–Kier alpha value is -1.39. The van der Waals surface area contributed by atoms with Crippen molar-refractivity contribution in [2.24, 2.45) is 0 Å². The van der Waals surface area contributed by atoms with Gasteiger partial charge < -0.3 is 15.2 Å². The number of halogens is 2. The van der Waals surface area contributed by atoms with Gasteiger partial charge in [-0.1, -0.05) is 11.6 Å². The van der Waals surface area contributed by atoms with E-state index in [1.807, 2.05) is 37.3 Å². The Labute approximate surface area is 131 Å². The van der Waals surface area contributed by atoms with Gasteiger partial charge in [0.1, 0.15) is 11.5 Å². The molecule has 1 atom stereocenters. The summed E-state index contributed by atoms with van der Waals surface area (Å²) in [5.74, 6) is 0.834. The maximum absolute atomic E-state index is 10.0. The van der Waals surface area contributed by atoms with E-state index in [4.69, 9.17) is 16.3 Å². The minimum Gasteiger partial charge on any atom is -0.507 e. The maximum Gasteiger partial charge on any atom is 0.124 e. The van der Waals surface area contributed by atoms with Crippen molar-refractivity contribution >= 4 is 33.2 Å². The fraction of sp³-hybridized carbons (Fsp3) is 0.200. The molecule has 2 N–H and O–H groups in total. The molecule has 20 heavy (non-hydrogen) atoms. The predicted molar refractivity (Wildman–Crippen MR) is 85.8 cm³/mol. The molecule has 0 saturated carbocycles. The van der Waals surface area contributed by atoms with Crippen LogP contribution in [0.15, 0.2) is 40.9 Å². The zero-order chi connectivity index (χ0) is 14.7. The number of phenolic OH excluding ortho intramolecular Hbond substituents is 1. The number of benzene rings is 2. The van der Waals surface area contributed by atoms with Crippen molar-refractivity contribution in [2.45, 2.75) is 13.0 Å². The third kappa shape index (κ3) is 3.38. The van der Waals surface area contributed by atoms with Gasteiger partial charge in [0.25, 0.3) is 0 Å². The number of anilines is 1. The molecule has 106 valence electrons. The number of aromatic hydroxyl groups is 1. The van der Waals surface area contributed by atoms with E-state index >= 15 is 0 Å². The van der Waals surface area contributed by atoms with Crippen LogP contribution >= 0.6 is 27.5 Å². The molecule has 0 radical (unpaired) electrons. The van der Waals surface area contributed by atoms with Crippen molar-refractivity contribution in [3.8, 4) is 11.5 Å². The zero-order valence-corrected chi connectivity index (χ0v) is 13.5. The monoisotopic (exact) mass is 355 g/mol. The van der Waals surface area contributed by atoms with Gasteiger partial charge in [0.15, 0.2) is 0 Å². The van der Waals surface area contributed by atoms with Gasteiger partial charge in [-0.3, -0.25) is 0 Å². The molecule has 2 aromatic carbocycles. The molecule has 2 rings (SSSR count). The molecule has 0 aliphatic rings. The number of methoxy groups -OCH3 is 1. The molecule has 0 aromatic heterocycles. The highest BCUT2D eigenvalue weighted by atomic mass is 79.9. The Bertz CT molecular complexity index is 619. The summed E-state index contributed by atoms with van der Waals surface area (Å²) in [6.07, 6.45) is 0. The largest absolute Gasteiger partial charge is 0.507 e. The highest BCUT2D eigenvalue weighted by Crippen LogP contribution is 2.33. The molecule has 0 aliphatic heterocycles. The van der Waals surface area contributed by atoms with Gasteiger partial charge in [-0.25, -0.2) is 0 Å². The molecule has 0 amide bonds. The molecule has 1 unspecified atom stereocenters. The first-order valence-electron chi connectivity index (χ1n) is 6.09. The van der Waals surface area contributed by atoms with Gasteiger partial charge in [-0.2, -0.15) is 0 Å². The van der Waals surface area contributed by atoms with Crippen LogP contribution in [0.4, 0.5) is 5.69 Å². The number of hydrogen-bond donors (Lipinski definition) is 2. The van der Waals surface area contributed by atoms with E-state index in [9.17, 15) is 5.11 Å². The van der Waals surface area contributed by atoms with Crippen molar-refractivity contribution in [3.05, 3.63) is 51.5 Å². The molecular formula is C15H15BrClNO2. The number of nitrogens with one attached hydrogen (secondary N) is 1. The lowest BCUT2D eigenvalue weighted by Gasteiger charge is -2.18. The fourth-order valence-corrected chi connectivity index (χ4v) is 2.73.